The first-order valence-corrected chi connectivity index (χ1v) is 7.73. The number of carbonyl (C=O) groups excluding carboxylic acids is 1. The molecule has 0 saturated carbocycles. The minimum Gasteiger partial charge on any atom is -0.469 e. The summed E-state index contributed by atoms with van der Waals surface area (Å²) in [5.41, 5.74) is 1.42. The van der Waals surface area contributed by atoms with E-state index in [-0.39, 0.29) is 17.3 Å². The van der Waals surface area contributed by atoms with Crippen molar-refractivity contribution in [3.8, 4) is 0 Å². The number of nitrogens with zero attached hydrogens (tertiary/aromatic N) is 1. The highest BCUT2D eigenvalue weighted by atomic mass is 16.5. The van der Waals surface area contributed by atoms with Crippen molar-refractivity contribution >= 4 is 5.97 Å². The predicted molar refractivity (Wildman–Crippen MR) is 82.6 cm³/mol. The van der Waals surface area contributed by atoms with Crippen LogP contribution in [0.3, 0.4) is 0 Å². The lowest BCUT2D eigenvalue weighted by atomic mass is 9.68. The molecule has 1 heterocycles. The predicted octanol–water partition coefficient (Wildman–Crippen LogP) is 3.02. The summed E-state index contributed by atoms with van der Waals surface area (Å²) in [4.78, 5) is 14.6. The van der Waals surface area contributed by atoms with Gasteiger partial charge in [0.15, 0.2) is 0 Å². The van der Waals surface area contributed by atoms with Gasteiger partial charge in [0, 0.05) is 18.5 Å². The van der Waals surface area contributed by atoms with Crippen LogP contribution in [0.1, 0.15) is 24.8 Å². The third kappa shape index (κ3) is 2.88. The van der Waals surface area contributed by atoms with Crippen LogP contribution in [-0.2, 0) is 16.1 Å². The molecule has 1 aromatic rings. The van der Waals surface area contributed by atoms with Crippen molar-refractivity contribution in [2.75, 3.05) is 20.2 Å². The van der Waals surface area contributed by atoms with E-state index in [4.69, 9.17) is 4.74 Å². The molecular weight excluding hydrogens is 262 g/mol. The quantitative estimate of drug-likeness (QED) is 0.631. The van der Waals surface area contributed by atoms with E-state index in [9.17, 15) is 4.79 Å². The summed E-state index contributed by atoms with van der Waals surface area (Å²) < 4.78 is 5.04. The average molecular weight is 285 g/mol. The molecule has 1 aromatic carbocycles. The molecule has 1 spiro atoms. The van der Waals surface area contributed by atoms with Crippen molar-refractivity contribution in [2.45, 2.75) is 25.8 Å². The van der Waals surface area contributed by atoms with Crippen LogP contribution in [0.2, 0.25) is 0 Å². The molecule has 0 amide bonds. The first kappa shape index (κ1) is 14.3. The second kappa shape index (κ2) is 6.02. The molecule has 2 aliphatic rings. The van der Waals surface area contributed by atoms with Crippen LogP contribution in [0.15, 0.2) is 42.5 Å². The van der Waals surface area contributed by atoms with E-state index in [1.165, 1.54) is 12.7 Å². The van der Waals surface area contributed by atoms with Crippen molar-refractivity contribution in [1.29, 1.82) is 0 Å². The number of benzene rings is 1. The highest BCUT2D eigenvalue weighted by molar-refractivity contribution is 5.74. The number of likely N-dealkylation sites (tertiary alicyclic amines) is 1. The normalized spacial score (nSPS) is 28.9. The first-order chi connectivity index (χ1) is 10.2. The number of hydrogen-bond acceptors (Lipinski definition) is 3. The summed E-state index contributed by atoms with van der Waals surface area (Å²) in [5.74, 6) is -0.0193. The monoisotopic (exact) mass is 285 g/mol. The van der Waals surface area contributed by atoms with Gasteiger partial charge in [0.2, 0.25) is 0 Å². The van der Waals surface area contributed by atoms with Crippen LogP contribution in [0.5, 0.6) is 0 Å². The number of hydrogen-bond donors (Lipinski definition) is 0. The number of ether oxygens (including phenoxy) is 1. The zero-order valence-electron chi connectivity index (χ0n) is 12.6. The molecule has 1 aliphatic carbocycles. The maximum atomic E-state index is 12.1. The SMILES string of the molecule is COC(=O)[C@H]1CC=CC[C@]12CCN(Cc1ccccc1)C2. The molecule has 2 atom stereocenters. The lowest BCUT2D eigenvalue weighted by molar-refractivity contribution is -0.150. The Bertz CT molecular complexity index is 525. The van der Waals surface area contributed by atoms with Gasteiger partial charge in [-0.1, -0.05) is 42.5 Å². The molecule has 1 aliphatic heterocycles. The maximum absolute atomic E-state index is 12.1. The number of carbonyl (C=O) groups is 1. The Kier molecular flexibility index (Phi) is 4.11. The van der Waals surface area contributed by atoms with Gasteiger partial charge in [-0.3, -0.25) is 9.69 Å². The fourth-order valence-electron chi connectivity index (χ4n) is 3.84. The van der Waals surface area contributed by atoms with E-state index in [0.29, 0.717) is 0 Å². The highest BCUT2D eigenvalue weighted by Crippen LogP contribution is 2.46. The van der Waals surface area contributed by atoms with Gasteiger partial charge < -0.3 is 4.74 Å². The van der Waals surface area contributed by atoms with Crippen molar-refractivity contribution in [2.24, 2.45) is 11.3 Å². The van der Waals surface area contributed by atoms with E-state index in [1.54, 1.807) is 0 Å². The summed E-state index contributed by atoms with van der Waals surface area (Å²) in [6, 6.07) is 10.6. The van der Waals surface area contributed by atoms with Gasteiger partial charge in [0.25, 0.3) is 0 Å². The molecule has 3 rings (SSSR count). The molecular formula is C18H23NO2. The minimum absolute atomic E-state index is 0.0215. The van der Waals surface area contributed by atoms with Gasteiger partial charge in [0.05, 0.1) is 13.0 Å². The van der Waals surface area contributed by atoms with E-state index in [0.717, 1.165) is 38.9 Å². The molecule has 3 heteroatoms. The van der Waals surface area contributed by atoms with E-state index < -0.39 is 0 Å². The Balaban J connectivity index is 1.72. The van der Waals surface area contributed by atoms with Crippen LogP contribution in [0.25, 0.3) is 0 Å². The van der Waals surface area contributed by atoms with Crippen LogP contribution >= 0.6 is 0 Å². The Hall–Kier alpha value is -1.61. The third-order valence-electron chi connectivity index (χ3n) is 5.00. The lowest BCUT2D eigenvalue weighted by Gasteiger charge is -2.37. The van der Waals surface area contributed by atoms with E-state index in [2.05, 4.69) is 41.3 Å². The number of allylic oxidation sites excluding steroid dienone is 2. The zero-order valence-corrected chi connectivity index (χ0v) is 12.6. The molecule has 21 heavy (non-hydrogen) atoms. The third-order valence-corrected chi connectivity index (χ3v) is 5.00. The largest absolute Gasteiger partial charge is 0.469 e. The summed E-state index contributed by atoms with van der Waals surface area (Å²) in [6.45, 7) is 3.03. The maximum Gasteiger partial charge on any atom is 0.309 e. The minimum atomic E-state index is -0.0408. The molecule has 3 nitrogen and oxygen atoms in total. The Morgan fingerprint density at radius 3 is 2.90 bits per heavy atom. The van der Waals surface area contributed by atoms with Crippen LogP contribution < -0.4 is 0 Å². The molecule has 0 N–H and O–H groups in total. The molecule has 0 radical (unpaired) electrons. The van der Waals surface area contributed by atoms with Gasteiger partial charge in [-0.15, -0.1) is 0 Å². The van der Waals surface area contributed by atoms with Crippen molar-refractivity contribution < 1.29 is 9.53 Å². The van der Waals surface area contributed by atoms with E-state index in [1.807, 2.05) is 6.07 Å². The number of esters is 1. The van der Waals surface area contributed by atoms with Gasteiger partial charge >= 0.3 is 5.97 Å². The van der Waals surface area contributed by atoms with Crippen LogP contribution in [0.4, 0.5) is 0 Å². The Labute approximate surface area is 126 Å². The summed E-state index contributed by atoms with van der Waals surface area (Å²) in [5, 5.41) is 0. The standard InChI is InChI=1S/C18H23NO2/c1-21-17(20)16-9-5-6-10-18(16)11-12-19(14-18)13-15-7-3-2-4-8-15/h2-8,16H,9-14H2,1H3/t16-,18-/m1/s1. The fraction of sp³-hybridized carbons (Fsp3) is 0.500. The lowest BCUT2D eigenvalue weighted by Crippen LogP contribution is -2.40. The van der Waals surface area contributed by atoms with Gasteiger partial charge in [0.1, 0.15) is 0 Å². The summed E-state index contributed by atoms with van der Waals surface area (Å²) in [6.07, 6.45) is 7.28. The van der Waals surface area contributed by atoms with Crippen molar-refractivity contribution in [1.82, 2.24) is 4.90 Å². The van der Waals surface area contributed by atoms with Crippen LogP contribution in [0, 0.1) is 11.3 Å². The second-order valence-electron chi connectivity index (χ2n) is 6.30. The second-order valence-corrected chi connectivity index (χ2v) is 6.30. The average Bonchev–Trinajstić information content (AvgIpc) is 2.91. The molecule has 0 bridgehead atoms. The topological polar surface area (TPSA) is 29.5 Å². The van der Waals surface area contributed by atoms with Crippen molar-refractivity contribution in [3.63, 3.8) is 0 Å². The molecule has 0 unspecified atom stereocenters. The summed E-state index contributed by atoms with van der Waals surface area (Å²) in [7, 11) is 1.51. The number of rotatable bonds is 3. The summed E-state index contributed by atoms with van der Waals surface area (Å²) >= 11 is 0. The van der Waals surface area contributed by atoms with Gasteiger partial charge in [-0.05, 0) is 31.4 Å². The first-order valence-electron chi connectivity index (χ1n) is 7.73. The molecule has 1 saturated heterocycles. The highest BCUT2D eigenvalue weighted by Gasteiger charge is 2.47. The molecule has 0 aromatic heterocycles. The smallest absolute Gasteiger partial charge is 0.309 e. The Morgan fingerprint density at radius 1 is 1.33 bits per heavy atom. The van der Waals surface area contributed by atoms with E-state index >= 15 is 0 Å². The molecule has 112 valence electrons. The fourth-order valence-corrected chi connectivity index (χ4v) is 3.84. The Morgan fingerprint density at radius 2 is 2.14 bits per heavy atom. The zero-order chi connectivity index (χ0) is 14.7. The van der Waals surface area contributed by atoms with Crippen molar-refractivity contribution in [3.05, 3.63) is 48.0 Å². The molecule has 1 fully saturated rings. The van der Waals surface area contributed by atoms with Gasteiger partial charge in [-0.25, -0.2) is 0 Å². The van der Waals surface area contributed by atoms with Crippen LogP contribution in [-0.4, -0.2) is 31.1 Å². The number of methoxy groups -OCH3 is 1. The van der Waals surface area contributed by atoms with Gasteiger partial charge in [-0.2, -0.15) is 0 Å².